The van der Waals surface area contributed by atoms with Gasteiger partial charge < -0.3 is 18.9 Å². The molecule has 1 saturated heterocycles. The van der Waals surface area contributed by atoms with Crippen LogP contribution in [0.2, 0.25) is 0 Å². The van der Waals surface area contributed by atoms with Crippen LogP contribution in [0.4, 0.5) is 4.39 Å². The molecule has 8 nitrogen and oxygen atoms in total. The number of aryl methyl sites for hydroxylation is 1. The molecule has 0 bridgehead atoms. The molecule has 0 saturated carbocycles. The van der Waals surface area contributed by atoms with Crippen LogP contribution in [0.1, 0.15) is 21.6 Å². The predicted octanol–water partition coefficient (Wildman–Crippen LogP) is 4.02. The largest absolute Gasteiger partial charge is 0.454 e. The van der Waals surface area contributed by atoms with Gasteiger partial charge in [-0.25, -0.2) is 9.37 Å². The van der Waals surface area contributed by atoms with Crippen LogP contribution in [0.3, 0.4) is 0 Å². The number of carbonyl (C=O) groups excluding carboxylic acids is 1. The monoisotopic (exact) mass is 474 g/mol. The van der Waals surface area contributed by atoms with Crippen molar-refractivity contribution < 1.29 is 23.2 Å². The second kappa shape index (κ2) is 8.66. The predicted molar refractivity (Wildman–Crippen MR) is 126 cm³/mol. The molecule has 178 valence electrons. The molecule has 2 aromatic carbocycles. The summed E-state index contributed by atoms with van der Waals surface area (Å²) in [7, 11) is 0. The molecule has 6 rings (SSSR count). The Morgan fingerprint density at radius 2 is 1.86 bits per heavy atom. The molecule has 2 aromatic heterocycles. The molecule has 0 unspecified atom stereocenters. The number of pyridine rings is 1. The van der Waals surface area contributed by atoms with Gasteiger partial charge in [-0.15, -0.1) is 0 Å². The summed E-state index contributed by atoms with van der Waals surface area (Å²) >= 11 is 0. The molecule has 1 amide bonds. The molecule has 0 N–H and O–H groups in total. The highest BCUT2D eigenvalue weighted by molar-refractivity contribution is 6.09. The second-order valence-corrected chi connectivity index (χ2v) is 8.79. The van der Waals surface area contributed by atoms with Crippen LogP contribution in [0.5, 0.6) is 11.5 Å². The number of benzene rings is 2. The van der Waals surface area contributed by atoms with E-state index >= 15 is 0 Å². The van der Waals surface area contributed by atoms with Gasteiger partial charge in [0.25, 0.3) is 11.6 Å². The minimum absolute atomic E-state index is 0.0869. The van der Waals surface area contributed by atoms with Gasteiger partial charge >= 0.3 is 0 Å². The number of rotatable bonds is 4. The first-order valence-electron chi connectivity index (χ1n) is 11.5. The SMILES string of the molecule is Cc1cc(C(=O)N2CCN(Cc3cccc(F)c3)CC2)c2c(-c3ccc4c(c3)OCO4)noc2n1. The third-order valence-electron chi connectivity index (χ3n) is 6.41. The van der Waals surface area contributed by atoms with Gasteiger partial charge in [-0.2, -0.15) is 0 Å². The standard InChI is InChI=1S/C26H23FN4O4/c1-16-11-20(26(32)31-9-7-30(8-10-31)14-17-3-2-4-19(27)12-17)23-24(29-35-25(23)28-16)18-5-6-21-22(13-18)34-15-33-21/h2-6,11-13H,7-10,14-15H2,1H3. The molecular formula is C26H23FN4O4. The van der Waals surface area contributed by atoms with E-state index in [9.17, 15) is 9.18 Å². The highest BCUT2D eigenvalue weighted by Gasteiger charge is 2.28. The van der Waals surface area contributed by atoms with Gasteiger partial charge in [0.1, 0.15) is 11.5 Å². The fraction of sp³-hybridized carbons (Fsp3) is 0.269. The van der Waals surface area contributed by atoms with E-state index in [0.29, 0.717) is 72.3 Å². The summed E-state index contributed by atoms with van der Waals surface area (Å²) in [5, 5.41) is 4.83. The Labute approximate surface area is 200 Å². The van der Waals surface area contributed by atoms with E-state index in [1.165, 1.54) is 6.07 Å². The lowest BCUT2D eigenvalue weighted by Gasteiger charge is -2.35. The summed E-state index contributed by atoms with van der Waals surface area (Å²) in [6.45, 7) is 5.20. The van der Waals surface area contributed by atoms with Crippen molar-refractivity contribution in [2.75, 3.05) is 33.0 Å². The fourth-order valence-corrected chi connectivity index (χ4v) is 4.66. The van der Waals surface area contributed by atoms with Crippen LogP contribution >= 0.6 is 0 Å². The zero-order chi connectivity index (χ0) is 23.9. The van der Waals surface area contributed by atoms with Crippen LogP contribution in [0.15, 0.2) is 53.1 Å². The quantitative estimate of drug-likeness (QED) is 0.442. The third-order valence-corrected chi connectivity index (χ3v) is 6.41. The normalized spacial score (nSPS) is 15.7. The minimum Gasteiger partial charge on any atom is -0.454 e. The lowest BCUT2D eigenvalue weighted by atomic mass is 10.0. The van der Waals surface area contributed by atoms with Crippen molar-refractivity contribution in [2.45, 2.75) is 13.5 Å². The Balaban J connectivity index is 1.26. The van der Waals surface area contributed by atoms with Crippen LogP contribution in [-0.4, -0.2) is 58.8 Å². The van der Waals surface area contributed by atoms with Gasteiger partial charge in [-0.05, 0) is 48.9 Å². The van der Waals surface area contributed by atoms with Crippen molar-refractivity contribution in [3.63, 3.8) is 0 Å². The van der Waals surface area contributed by atoms with Crippen molar-refractivity contribution in [3.05, 3.63) is 71.2 Å². The van der Waals surface area contributed by atoms with Gasteiger partial charge in [0.05, 0.1) is 10.9 Å². The molecule has 4 heterocycles. The number of aromatic nitrogens is 2. The first kappa shape index (κ1) is 21.5. The van der Waals surface area contributed by atoms with E-state index < -0.39 is 0 Å². The molecule has 1 fully saturated rings. The van der Waals surface area contributed by atoms with E-state index in [-0.39, 0.29) is 18.5 Å². The summed E-state index contributed by atoms with van der Waals surface area (Å²) < 4.78 is 30.0. The zero-order valence-corrected chi connectivity index (χ0v) is 19.2. The summed E-state index contributed by atoms with van der Waals surface area (Å²) in [5.41, 5.74) is 3.74. The number of amides is 1. The summed E-state index contributed by atoms with van der Waals surface area (Å²) in [6, 6.07) is 13.9. The summed E-state index contributed by atoms with van der Waals surface area (Å²) in [4.78, 5) is 22.2. The van der Waals surface area contributed by atoms with Gasteiger partial charge in [-0.3, -0.25) is 9.69 Å². The number of nitrogens with zero attached hydrogens (tertiary/aromatic N) is 4. The van der Waals surface area contributed by atoms with Crippen LogP contribution < -0.4 is 9.47 Å². The fourth-order valence-electron chi connectivity index (χ4n) is 4.66. The summed E-state index contributed by atoms with van der Waals surface area (Å²) in [6.07, 6.45) is 0. The minimum atomic E-state index is -0.236. The van der Waals surface area contributed by atoms with Crippen LogP contribution in [-0.2, 0) is 6.54 Å². The second-order valence-electron chi connectivity index (χ2n) is 8.79. The highest BCUT2D eigenvalue weighted by atomic mass is 19.1. The molecule has 4 aromatic rings. The smallest absolute Gasteiger partial charge is 0.259 e. The average Bonchev–Trinajstić information content (AvgIpc) is 3.50. The molecule has 0 aliphatic carbocycles. The van der Waals surface area contributed by atoms with E-state index in [1.54, 1.807) is 18.2 Å². The van der Waals surface area contributed by atoms with Gasteiger partial charge in [0.15, 0.2) is 11.5 Å². The van der Waals surface area contributed by atoms with E-state index in [0.717, 1.165) is 11.1 Å². The average molecular weight is 474 g/mol. The number of fused-ring (bicyclic) bond motifs is 2. The van der Waals surface area contributed by atoms with Crippen molar-refractivity contribution in [1.29, 1.82) is 0 Å². The molecule has 0 radical (unpaired) electrons. The highest BCUT2D eigenvalue weighted by Crippen LogP contribution is 2.38. The number of carbonyl (C=O) groups is 1. The number of ether oxygens (including phenoxy) is 2. The van der Waals surface area contributed by atoms with Crippen LogP contribution in [0, 0.1) is 12.7 Å². The van der Waals surface area contributed by atoms with Crippen LogP contribution in [0.25, 0.3) is 22.4 Å². The van der Waals surface area contributed by atoms with E-state index in [1.807, 2.05) is 36.1 Å². The van der Waals surface area contributed by atoms with Gasteiger partial charge in [0.2, 0.25) is 6.79 Å². The lowest BCUT2D eigenvalue weighted by Crippen LogP contribution is -2.48. The molecular weight excluding hydrogens is 451 g/mol. The number of halogens is 1. The number of hydrogen-bond acceptors (Lipinski definition) is 7. The van der Waals surface area contributed by atoms with E-state index in [2.05, 4.69) is 15.0 Å². The Hall–Kier alpha value is -3.98. The number of hydrogen-bond donors (Lipinski definition) is 0. The van der Waals surface area contributed by atoms with E-state index in [4.69, 9.17) is 14.0 Å². The molecule has 9 heteroatoms. The molecule has 2 aliphatic rings. The Kier molecular flexibility index (Phi) is 5.33. The summed E-state index contributed by atoms with van der Waals surface area (Å²) in [5.74, 6) is 0.973. The third kappa shape index (κ3) is 4.08. The lowest BCUT2D eigenvalue weighted by molar-refractivity contribution is 0.0630. The first-order valence-corrected chi connectivity index (χ1v) is 11.5. The Morgan fingerprint density at radius 1 is 1.03 bits per heavy atom. The molecule has 0 atom stereocenters. The zero-order valence-electron chi connectivity index (χ0n) is 19.2. The molecule has 2 aliphatic heterocycles. The van der Waals surface area contributed by atoms with Crippen molar-refractivity contribution >= 4 is 17.0 Å². The van der Waals surface area contributed by atoms with Crippen molar-refractivity contribution in [3.8, 4) is 22.8 Å². The maximum Gasteiger partial charge on any atom is 0.259 e. The Bertz CT molecular complexity index is 1430. The van der Waals surface area contributed by atoms with Crippen molar-refractivity contribution in [1.82, 2.24) is 19.9 Å². The maximum absolute atomic E-state index is 13.7. The maximum atomic E-state index is 13.7. The first-order chi connectivity index (χ1) is 17.0. The van der Waals surface area contributed by atoms with Crippen molar-refractivity contribution in [2.24, 2.45) is 0 Å². The number of piperazine rings is 1. The van der Waals surface area contributed by atoms with Gasteiger partial charge in [0, 0.05) is 44.0 Å². The Morgan fingerprint density at radius 3 is 2.69 bits per heavy atom. The topological polar surface area (TPSA) is 80.9 Å². The molecule has 0 spiro atoms. The molecule has 35 heavy (non-hydrogen) atoms. The van der Waals surface area contributed by atoms with Gasteiger partial charge in [-0.1, -0.05) is 17.3 Å².